The van der Waals surface area contributed by atoms with Gasteiger partial charge < -0.3 is 10.3 Å². The van der Waals surface area contributed by atoms with E-state index in [0.29, 0.717) is 11.7 Å². The number of rotatable bonds is 2. The van der Waals surface area contributed by atoms with Gasteiger partial charge >= 0.3 is 0 Å². The Kier molecular flexibility index (Phi) is 3.82. The van der Waals surface area contributed by atoms with Gasteiger partial charge in [-0.3, -0.25) is 0 Å². The minimum Gasteiger partial charge on any atom is -0.339 e. The van der Waals surface area contributed by atoms with Crippen molar-refractivity contribution < 1.29 is 4.52 Å². The molecule has 1 aromatic heterocycles. The molecule has 2 rings (SSSR count). The van der Waals surface area contributed by atoms with Gasteiger partial charge in [-0.15, -0.1) is 0 Å². The Balaban J connectivity index is 2.15. The van der Waals surface area contributed by atoms with Crippen LogP contribution in [-0.4, -0.2) is 10.1 Å². The van der Waals surface area contributed by atoms with E-state index in [-0.39, 0.29) is 11.5 Å². The first-order chi connectivity index (χ1) is 8.12. The van der Waals surface area contributed by atoms with Crippen LogP contribution in [0.25, 0.3) is 0 Å². The molecule has 4 nitrogen and oxygen atoms in total. The van der Waals surface area contributed by atoms with Crippen molar-refractivity contribution in [1.29, 1.82) is 0 Å². The van der Waals surface area contributed by atoms with Gasteiger partial charge in [0, 0.05) is 5.92 Å². The van der Waals surface area contributed by atoms with Gasteiger partial charge in [-0.2, -0.15) is 4.98 Å². The molecular formula is C13H23N3O. The summed E-state index contributed by atoms with van der Waals surface area (Å²) in [5.74, 6) is 1.68. The molecule has 1 heterocycles. The van der Waals surface area contributed by atoms with Crippen molar-refractivity contribution in [2.45, 2.75) is 70.3 Å². The number of nitrogens with zero attached hydrogens (tertiary/aromatic N) is 2. The molecule has 1 fully saturated rings. The Morgan fingerprint density at radius 1 is 1.12 bits per heavy atom. The number of aromatic nitrogens is 2. The lowest BCUT2D eigenvalue weighted by Gasteiger charge is -2.27. The maximum absolute atomic E-state index is 6.48. The summed E-state index contributed by atoms with van der Waals surface area (Å²) in [7, 11) is 0. The molecule has 96 valence electrons. The van der Waals surface area contributed by atoms with Gasteiger partial charge in [-0.1, -0.05) is 51.1 Å². The summed E-state index contributed by atoms with van der Waals surface area (Å²) in [6, 6.07) is 0. The highest BCUT2D eigenvalue weighted by Gasteiger charge is 2.32. The van der Waals surface area contributed by atoms with Crippen LogP contribution in [0, 0.1) is 0 Å². The summed E-state index contributed by atoms with van der Waals surface area (Å²) < 4.78 is 5.28. The van der Waals surface area contributed by atoms with Crippen molar-refractivity contribution in [3.63, 3.8) is 0 Å². The van der Waals surface area contributed by atoms with Crippen LogP contribution in [0.3, 0.4) is 0 Å². The first-order valence-electron chi connectivity index (χ1n) is 6.75. The van der Waals surface area contributed by atoms with Crippen LogP contribution < -0.4 is 5.73 Å². The predicted octanol–water partition coefficient (Wildman–Crippen LogP) is 3.09. The lowest BCUT2D eigenvalue weighted by Crippen LogP contribution is -2.38. The van der Waals surface area contributed by atoms with E-state index in [1.54, 1.807) is 0 Å². The Hall–Kier alpha value is -0.900. The van der Waals surface area contributed by atoms with Crippen LogP contribution in [0.2, 0.25) is 0 Å². The highest BCUT2D eigenvalue weighted by atomic mass is 16.5. The van der Waals surface area contributed by atoms with E-state index in [9.17, 15) is 0 Å². The summed E-state index contributed by atoms with van der Waals surface area (Å²) in [4.78, 5) is 4.47. The van der Waals surface area contributed by atoms with E-state index in [0.717, 1.165) is 12.8 Å². The Morgan fingerprint density at radius 3 is 2.24 bits per heavy atom. The number of hydrogen-bond donors (Lipinski definition) is 1. The number of hydrogen-bond acceptors (Lipinski definition) is 4. The summed E-state index contributed by atoms with van der Waals surface area (Å²) in [6.07, 6.45) is 8.17. The molecule has 0 saturated heterocycles. The van der Waals surface area contributed by atoms with E-state index in [4.69, 9.17) is 10.3 Å². The number of nitrogens with two attached hydrogens (primary N) is 1. The molecule has 1 aliphatic rings. The van der Waals surface area contributed by atoms with Crippen LogP contribution in [0.4, 0.5) is 0 Å². The molecule has 0 spiro atoms. The first kappa shape index (κ1) is 12.6. The van der Waals surface area contributed by atoms with E-state index < -0.39 is 0 Å². The van der Waals surface area contributed by atoms with Crippen LogP contribution in [0.15, 0.2) is 4.52 Å². The average molecular weight is 237 g/mol. The minimum atomic E-state index is -0.364. The van der Waals surface area contributed by atoms with E-state index in [1.165, 1.54) is 32.1 Å². The van der Waals surface area contributed by atoms with Crippen molar-refractivity contribution in [2.75, 3.05) is 0 Å². The Bertz CT molecular complexity index is 351. The van der Waals surface area contributed by atoms with Crippen LogP contribution in [0.1, 0.15) is 76.4 Å². The quantitative estimate of drug-likeness (QED) is 0.858. The van der Waals surface area contributed by atoms with Crippen molar-refractivity contribution in [2.24, 2.45) is 5.73 Å². The van der Waals surface area contributed by atoms with Crippen LogP contribution in [-0.2, 0) is 5.54 Å². The zero-order chi connectivity index (χ0) is 12.3. The Morgan fingerprint density at radius 2 is 1.71 bits per heavy atom. The van der Waals surface area contributed by atoms with Gasteiger partial charge in [-0.05, 0) is 12.8 Å². The topological polar surface area (TPSA) is 64.9 Å². The van der Waals surface area contributed by atoms with Crippen molar-refractivity contribution >= 4 is 0 Å². The fraction of sp³-hybridized carbons (Fsp3) is 0.846. The van der Waals surface area contributed by atoms with Crippen LogP contribution >= 0.6 is 0 Å². The smallest absolute Gasteiger partial charge is 0.229 e. The second kappa shape index (κ2) is 5.17. The molecule has 4 heteroatoms. The second-order valence-corrected chi connectivity index (χ2v) is 5.53. The third-order valence-corrected chi connectivity index (χ3v) is 3.63. The highest BCUT2D eigenvalue weighted by Crippen LogP contribution is 2.31. The van der Waals surface area contributed by atoms with Gasteiger partial charge in [0.2, 0.25) is 5.89 Å². The van der Waals surface area contributed by atoms with Gasteiger partial charge in [0.15, 0.2) is 5.82 Å². The average Bonchev–Trinajstić information content (AvgIpc) is 2.73. The van der Waals surface area contributed by atoms with Gasteiger partial charge in [0.05, 0.1) is 5.54 Å². The SMILES string of the molecule is CC(C)c1nc(C2(N)CCCCCCC2)no1. The molecule has 0 atom stereocenters. The minimum absolute atomic E-state index is 0.272. The van der Waals surface area contributed by atoms with Crippen molar-refractivity contribution in [1.82, 2.24) is 10.1 Å². The summed E-state index contributed by atoms with van der Waals surface area (Å²) in [6.45, 7) is 4.11. The molecule has 1 aromatic rings. The summed E-state index contributed by atoms with van der Waals surface area (Å²) >= 11 is 0. The molecule has 1 aliphatic carbocycles. The summed E-state index contributed by atoms with van der Waals surface area (Å²) in [5, 5.41) is 4.09. The normalized spacial score (nSPS) is 21.2. The standard InChI is InChI=1S/C13H23N3O/c1-10(2)11-15-12(16-17-11)13(14)8-6-4-3-5-7-9-13/h10H,3-9,14H2,1-2H3. The van der Waals surface area contributed by atoms with E-state index in [1.807, 2.05) is 0 Å². The third kappa shape index (κ3) is 2.86. The predicted molar refractivity (Wildman–Crippen MR) is 66.6 cm³/mol. The molecular weight excluding hydrogens is 214 g/mol. The second-order valence-electron chi connectivity index (χ2n) is 5.53. The lowest BCUT2D eigenvalue weighted by atomic mass is 9.84. The largest absolute Gasteiger partial charge is 0.339 e. The third-order valence-electron chi connectivity index (χ3n) is 3.63. The maximum Gasteiger partial charge on any atom is 0.229 e. The summed E-state index contributed by atoms with van der Waals surface area (Å²) in [5.41, 5.74) is 6.11. The van der Waals surface area contributed by atoms with E-state index >= 15 is 0 Å². The molecule has 0 aromatic carbocycles. The molecule has 0 radical (unpaired) electrons. The van der Waals surface area contributed by atoms with Gasteiger partial charge in [-0.25, -0.2) is 0 Å². The molecule has 17 heavy (non-hydrogen) atoms. The molecule has 0 bridgehead atoms. The van der Waals surface area contributed by atoms with E-state index in [2.05, 4.69) is 24.0 Å². The maximum atomic E-state index is 6.48. The monoisotopic (exact) mass is 237 g/mol. The van der Waals surface area contributed by atoms with Gasteiger partial charge in [0.25, 0.3) is 0 Å². The molecule has 1 saturated carbocycles. The zero-order valence-electron chi connectivity index (χ0n) is 10.9. The molecule has 0 aliphatic heterocycles. The lowest BCUT2D eigenvalue weighted by molar-refractivity contribution is 0.289. The highest BCUT2D eigenvalue weighted by molar-refractivity contribution is 5.05. The molecule has 0 unspecified atom stereocenters. The molecule has 0 amide bonds. The first-order valence-corrected chi connectivity index (χ1v) is 6.75. The van der Waals surface area contributed by atoms with Crippen LogP contribution in [0.5, 0.6) is 0 Å². The molecule has 2 N–H and O–H groups in total. The van der Waals surface area contributed by atoms with Crippen molar-refractivity contribution in [3.05, 3.63) is 11.7 Å². The van der Waals surface area contributed by atoms with Gasteiger partial charge in [0.1, 0.15) is 0 Å². The van der Waals surface area contributed by atoms with Crippen molar-refractivity contribution in [3.8, 4) is 0 Å². The fourth-order valence-electron chi connectivity index (χ4n) is 2.43. The Labute approximate surface area is 103 Å². The zero-order valence-corrected chi connectivity index (χ0v) is 10.9. The fourth-order valence-corrected chi connectivity index (χ4v) is 2.43.